The van der Waals surface area contributed by atoms with Crippen LogP contribution in [0.1, 0.15) is 30.1 Å². The summed E-state index contributed by atoms with van der Waals surface area (Å²) in [4.78, 5) is 14.3. The zero-order valence-electron chi connectivity index (χ0n) is 11.1. The molecular weight excluding hydrogens is 344 g/mol. The molecule has 0 saturated carbocycles. The van der Waals surface area contributed by atoms with Gasteiger partial charge in [-0.25, -0.2) is 0 Å². The maximum absolute atomic E-state index is 12.5. The van der Waals surface area contributed by atoms with Gasteiger partial charge < -0.3 is 10.1 Å². The first kappa shape index (κ1) is 15.3. The van der Waals surface area contributed by atoms with Gasteiger partial charge in [0, 0.05) is 35.5 Å². The van der Waals surface area contributed by atoms with E-state index in [4.69, 9.17) is 16.8 Å². The van der Waals surface area contributed by atoms with Crippen LogP contribution < -0.4 is 0 Å². The van der Waals surface area contributed by atoms with Crippen molar-refractivity contribution in [3.8, 4) is 0 Å². The largest absolute Gasteiger partial charge is 0.411 e. The summed E-state index contributed by atoms with van der Waals surface area (Å²) in [5.74, 6) is 0.117. The molecule has 20 heavy (non-hydrogen) atoms. The van der Waals surface area contributed by atoms with Gasteiger partial charge in [-0.1, -0.05) is 23.7 Å². The Bertz CT molecular complexity index is 548. The van der Waals surface area contributed by atoms with E-state index in [1.807, 2.05) is 6.92 Å². The quantitative estimate of drug-likeness (QED) is 0.645. The van der Waals surface area contributed by atoms with Crippen LogP contribution in [0.2, 0.25) is 5.02 Å². The second-order valence-electron chi connectivity index (χ2n) is 4.83. The molecule has 1 aliphatic rings. The third kappa shape index (κ3) is 3.15. The van der Waals surface area contributed by atoms with E-state index in [1.54, 1.807) is 23.1 Å². The van der Waals surface area contributed by atoms with Gasteiger partial charge in [-0.05, 0) is 40.5 Å². The molecule has 6 heteroatoms. The zero-order valence-corrected chi connectivity index (χ0v) is 13.5. The summed E-state index contributed by atoms with van der Waals surface area (Å²) in [6, 6.07) is 5.17. The Labute approximate surface area is 131 Å². The van der Waals surface area contributed by atoms with Gasteiger partial charge in [0.05, 0.1) is 10.7 Å². The van der Waals surface area contributed by atoms with Gasteiger partial charge in [-0.2, -0.15) is 0 Å². The highest BCUT2D eigenvalue weighted by Crippen LogP contribution is 2.25. The van der Waals surface area contributed by atoms with E-state index in [0.717, 1.165) is 12.1 Å². The molecule has 1 heterocycles. The van der Waals surface area contributed by atoms with Crippen molar-refractivity contribution < 1.29 is 10.0 Å². The third-order valence-corrected chi connectivity index (χ3v) is 4.84. The van der Waals surface area contributed by atoms with Crippen molar-refractivity contribution in [3.63, 3.8) is 0 Å². The van der Waals surface area contributed by atoms with E-state index in [2.05, 4.69) is 21.1 Å². The number of benzene rings is 1. The first-order valence-electron chi connectivity index (χ1n) is 6.52. The van der Waals surface area contributed by atoms with Crippen molar-refractivity contribution in [2.24, 2.45) is 11.1 Å². The Balaban J connectivity index is 2.15. The van der Waals surface area contributed by atoms with Crippen molar-refractivity contribution >= 4 is 39.1 Å². The number of likely N-dealkylation sites (tertiary alicyclic amines) is 1. The Morgan fingerprint density at radius 2 is 2.35 bits per heavy atom. The second-order valence-corrected chi connectivity index (χ2v) is 6.09. The maximum Gasteiger partial charge on any atom is 0.253 e. The molecule has 1 N–H and O–H groups in total. The van der Waals surface area contributed by atoms with Crippen LogP contribution in [0.15, 0.2) is 27.8 Å². The fourth-order valence-corrected chi connectivity index (χ4v) is 2.91. The SMILES string of the molecule is CCC1CN(C(=O)c2ccc(Cl)c(Br)c2)CC/C1=N\O. The van der Waals surface area contributed by atoms with E-state index in [0.29, 0.717) is 34.6 Å². The van der Waals surface area contributed by atoms with Crippen molar-refractivity contribution in [1.29, 1.82) is 0 Å². The van der Waals surface area contributed by atoms with E-state index >= 15 is 0 Å². The van der Waals surface area contributed by atoms with Crippen molar-refractivity contribution in [1.82, 2.24) is 4.90 Å². The minimum atomic E-state index is -0.0159. The summed E-state index contributed by atoms with van der Waals surface area (Å²) >= 11 is 9.27. The first-order chi connectivity index (χ1) is 9.56. The lowest BCUT2D eigenvalue weighted by molar-refractivity contribution is 0.0729. The van der Waals surface area contributed by atoms with Crippen LogP contribution in [0.25, 0.3) is 0 Å². The van der Waals surface area contributed by atoms with Crippen LogP contribution >= 0.6 is 27.5 Å². The topological polar surface area (TPSA) is 52.9 Å². The molecule has 0 aliphatic carbocycles. The molecule has 1 aliphatic heterocycles. The van der Waals surface area contributed by atoms with Gasteiger partial charge in [-0.3, -0.25) is 4.79 Å². The fraction of sp³-hybridized carbons (Fsp3) is 0.429. The Morgan fingerprint density at radius 1 is 1.60 bits per heavy atom. The van der Waals surface area contributed by atoms with Crippen molar-refractivity contribution in [2.45, 2.75) is 19.8 Å². The molecule has 108 valence electrons. The van der Waals surface area contributed by atoms with Crippen LogP contribution in [0.5, 0.6) is 0 Å². The van der Waals surface area contributed by atoms with Crippen LogP contribution in [-0.2, 0) is 0 Å². The third-order valence-electron chi connectivity index (χ3n) is 3.62. The van der Waals surface area contributed by atoms with Gasteiger partial charge in [-0.15, -0.1) is 0 Å². The number of hydrogen-bond donors (Lipinski definition) is 1. The van der Waals surface area contributed by atoms with E-state index in [-0.39, 0.29) is 11.8 Å². The van der Waals surface area contributed by atoms with Crippen LogP contribution in [-0.4, -0.2) is 34.8 Å². The van der Waals surface area contributed by atoms with Crippen LogP contribution in [0.4, 0.5) is 0 Å². The monoisotopic (exact) mass is 358 g/mol. The minimum Gasteiger partial charge on any atom is -0.411 e. The van der Waals surface area contributed by atoms with Crippen molar-refractivity contribution in [2.75, 3.05) is 13.1 Å². The number of piperidine rings is 1. The highest BCUT2D eigenvalue weighted by atomic mass is 79.9. The number of hydrogen-bond acceptors (Lipinski definition) is 3. The number of oxime groups is 1. The minimum absolute atomic E-state index is 0.0159. The van der Waals surface area contributed by atoms with E-state index in [9.17, 15) is 4.79 Å². The molecule has 1 fully saturated rings. The van der Waals surface area contributed by atoms with Crippen LogP contribution in [0, 0.1) is 5.92 Å². The molecule has 1 aromatic carbocycles. The molecule has 4 nitrogen and oxygen atoms in total. The summed E-state index contributed by atoms with van der Waals surface area (Å²) in [5, 5.41) is 12.9. The smallest absolute Gasteiger partial charge is 0.253 e. The summed E-state index contributed by atoms with van der Waals surface area (Å²) in [6.07, 6.45) is 1.48. The molecule has 1 atom stereocenters. The maximum atomic E-state index is 12.5. The molecule has 0 radical (unpaired) electrons. The van der Waals surface area contributed by atoms with Gasteiger partial charge in [0.15, 0.2) is 0 Å². The van der Waals surface area contributed by atoms with Gasteiger partial charge in [0.2, 0.25) is 0 Å². The predicted octanol–water partition coefficient (Wildman–Crippen LogP) is 3.80. The molecule has 0 aromatic heterocycles. The molecule has 1 saturated heterocycles. The molecule has 2 rings (SSSR count). The molecule has 1 aromatic rings. The number of carbonyl (C=O) groups excluding carboxylic acids is 1. The highest BCUT2D eigenvalue weighted by molar-refractivity contribution is 9.10. The zero-order chi connectivity index (χ0) is 14.7. The van der Waals surface area contributed by atoms with E-state index in [1.165, 1.54) is 0 Å². The van der Waals surface area contributed by atoms with Gasteiger partial charge >= 0.3 is 0 Å². The number of nitrogens with zero attached hydrogens (tertiary/aromatic N) is 2. The normalized spacial score (nSPS) is 21.2. The number of amides is 1. The Morgan fingerprint density at radius 3 is 2.95 bits per heavy atom. The summed E-state index contributed by atoms with van der Waals surface area (Å²) in [5.41, 5.74) is 1.40. The van der Waals surface area contributed by atoms with Crippen molar-refractivity contribution in [3.05, 3.63) is 33.3 Å². The number of halogens is 2. The molecular formula is C14H16BrClN2O2. The molecule has 0 bridgehead atoms. The fourth-order valence-electron chi connectivity index (χ4n) is 2.41. The standard InChI is InChI=1S/C14H16BrClN2O2/c1-2-9-8-18(6-5-13(9)17-20)14(19)10-3-4-12(16)11(15)7-10/h3-4,7,9,20H,2,5-6,8H2,1H3/b17-13+. The second kappa shape index (κ2) is 6.59. The predicted molar refractivity (Wildman–Crippen MR) is 82.7 cm³/mol. The summed E-state index contributed by atoms with van der Waals surface area (Å²) in [7, 11) is 0. The van der Waals surface area contributed by atoms with E-state index < -0.39 is 0 Å². The lowest BCUT2D eigenvalue weighted by Gasteiger charge is -2.33. The summed E-state index contributed by atoms with van der Waals surface area (Å²) < 4.78 is 0.715. The van der Waals surface area contributed by atoms with Gasteiger partial charge in [0.25, 0.3) is 5.91 Å². The Kier molecular flexibility index (Phi) is 5.05. The first-order valence-corrected chi connectivity index (χ1v) is 7.69. The lowest BCUT2D eigenvalue weighted by atomic mass is 9.93. The number of rotatable bonds is 2. The molecule has 1 unspecified atom stereocenters. The van der Waals surface area contributed by atoms with Gasteiger partial charge in [0.1, 0.15) is 0 Å². The molecule has 0 spiro atoms. The lowest BCUT2D eigenvalue weighted by Crippen LogP contribution is -2.44. The van der Waals surface area contributed by atoms with Crippen LogP contribution in [0.3, 0.4) is 0 Å². The average Bonchev–Trinajstić information content (AvgIpc) is 2.48. The molecule has 1 amide bonds. The average molecular weight is 360 g/mol. The number of carbonyl (C=O) groups is 1. The summed E-state index contributed by atoms with van der Waals surface area (Å²) in [6.45, 7) is 3.20. The Hall–Kier alpha value is -1.07. The highest BCUT2D eigenvalue weighted by Gasteiger charge is 2.28.